The van der Waals surface area contributed by atoms with Crippen molar-refractivity contribution in [1.82, 2.24) is 20.7 Å². The van der Waals surface area contributed by atoms with Crippen LogP contribution < -0.4 is 10.6 Å². The van der Waals surface area contributed by atoms with Crippen molar-refractivity contribution in [3.05, 3.63) is 48.2 Å². The lowest BCUT2D eigenvalue weighted by molar-refractivity contribution is -0.166. The largest absolute Gasteiger partial charge is 0.481 e. The van der Waals surface area contributed by atoms with Crippen LogP contribution in [0.5, 0.6) is 0 Å². The summed E-state index contributed by atoms with van der Waals surface area (Å²) in [6.45, 7) is 0. The van der Waals surface area contributed by atoms with E-state index in [0.717, 1.165) is 15.6 Å². The van der Waals surface area contributed by atoms with Crippen molar-refractivity contribution in [3.63, 3.8) is 0 Å². The van der Waals surface area contributed by atoms with Gasteiger partial charge in [-0.15, -0.1) is 0 Å². The van der Waals surface area contributed by atoms with E-state index in [1.165, 1.54) is 12.3 Å². The molecule has 0 spiro atoms. The molecule has 33 heavy (non-hydrogen) atoms. The second-order valence-electron chi connectivity index (χ2n) is 7.73. The van der Waals surface area contributed by atoms with E-state index in [0.29, 0.717) is 6.29 Å². The summed E-state index contributed by atoms with van der Waals surface area (Å²) in [6.07, 6.45) is 2.71. The number of carbonyl (C=O) groups excluding carboxylic acids is 5. The summed E-state index contributed by atoms with van der Waals surface area (Å²) in [5.41, 5.74) is 0.755. The normalized spacial score (nSPS) is 21.0. The maximum atomic E-state index is 13.3. The van der Waals surface area contributed by atoms with Crippen LogP contribution in [0.1, 0.15) is 31.2 Å². The standard InChI is InChI=1S/C22H24N4O7/c27-13-15(12-20(30)31)23-21(32)17-7-4-10-25-19(29)9-8-16(22(33)26(17)25)24-18(28)11-14-5-2-1-3-6-14/h1-6,10,13,15-17H,7-9,11-12H2,(H,23,32)(H,24,28)(H,30,31)/t15-,16-,17-/m0/s1. The molecule has 3 atom stereocenters. The second kappa shape index (κ2) is 10.5. The summed E-state index contributed by atoms with van der Waals surface area (Å²) in [6, 6.07) is 5.44. The Hall–Kier alpha value is -4.02. The van der Waals surface area contributed by atoms with Crippen LogP contribution >= 0.6 is 0 Å². The van der Waals surface area contributed by atoms with E-state index in [4.69, 9.17) is 5.11 Å². The van der Waals surface area contributed by atoms with Gasteiger partial charge < -0.3 is 20.5 Å². The molecule has 0 saturated carbocycles. The summed E-state index contributed by atoms with van der Waals surface area (Å²) in [7, 11) is 0. The molecule has 1 aromatic carbocycles. The molecule has 174 valence electrons. The monoisotopic (exact) mass is 456 g/mol. The maximum absolute atomic E-state index is 13.3. The molecule has 0 radical (unpaired) electrons. The van der Waals surface area contributed by atoms with Crippen LogP contribution in [0.25, 0.3) is 0 Å². The molecule has 11 nitrogen and oxygen atoms in total. The van der Waals surface area contributed by atoms with Crippen molar-refractivity contribution in [3.8, 4) is 0 Å². The van der Waals surface area contributed by atoms with Gasteiger partial charge in [-0.3, -0.25) is 24.0 Å². The molecule has 1 saturated heterocycles. The number of nitrogens with one attached hydrogen (secondary N) is 2. The van der Waals surface area contributed by atoms with Gasteiger partial charge in [0, 0.05) is 12.6 Å². The van der Waals surface area contributed by atoms with Crippen LogP contribution in [-0.2, 0) is 35.2 Å². The molecule has 3 rings (SSSR count). The summed E-state index contributed by atoms with van der Waals surface area (Å²) in [5.74, 6) is -3.54. The predicted molar refractivity (Wildman–Crippen MR) is 113 cm³/mol. The Morgan fingerprint density at radius 2 is 1.91 bits per heavy atom. The zero-order valence-corrected chi connectivity index (χ0v) is 17.7. The fourth-order valence-electron chi connectivity index (χ4n) is 3.72. The van der Waals surface area contributed by atoms with Gasteiger partial charge in [-0.1, -0.05) is 36.4 Å². The Balaban J connectivity index is 1.77. The summed E-state index contributed by atoms with van der Waals surface area (Å²) in [5, 5.41) is 15.8. The third kappa shape index (κ3) is 5.82. The molecular formula is C22H24N4O7. The number of carboxylic acid groups (broad SMARTS) is 1. The number of carboxylic acids is 1. The lowest BCUT2D eigenvalue weighted by Gasteiger charge is -2.39. The van der Waals surface area contributed by atoms with Gasteiger partial charge in [0.05, 0.1) is 18.9 Å². The minimum Gasteiger partial charge on any atom is -0.481 e. The van der Waals surface area contributed by atoms with Gasteiger partial charge in [-0.25, -0.2) is 10.0 Å². The van der Waals surface area contributed by atoms with Crippen LogP contribution in [0.15, 0.2) is 42.6 Å². The van der Waals surface area contributed by atoms with Crippen molar-refractivity contribution < 1.29 is 33.9 Å². The first-order chi connectivity index (χ1) is 15.8. The molecule has 1 aromatic rings. The SMILES string of the molecule is O=C[C@H](CC(=O)O)NC(=O)[C@@H]1CC=CN2C(=O)CC[C@H](NC(=O)Cc3ccccc3)C(=O)N12. The zero-order chi connectivity index (χ0) is 24.0. The molecule has 11 heteroatoms. The van der Waals surface area contributed by atoms with Crippen molar-refractivity contribution >= 4 is 35.9 Å². The van der Waals surface area contributed by atoms with E-state index < -0.39 is 54.1 Å². The zero-order valence-electron chi connectivity index (χ0n) is 17.7. The van der Waals surface area contributed by atoms with Crippen LogP contribution in [-0.4, -0.2) is 69.1 Å². The van der Waals surface area contributed by atoms with Crippen molar-refractivity contribution in [2.24, 2.45) is 0 Å². The number of aliphatic carboxylic acids is 1. The first kappa shape index (κ1) is 23.6. The summed E-state index contributed by atoms with van der Waals surface area (Å²) < 4.78 is 0. The number of aldehydes is 1. The van der Waals surface area contributed by atoms with Crippen molar-refractivity contribution in [2.45, 2.75) is 50.2 Å². The number of nitrogens with zero attached hydrogens (tertiary/aromatic N) is 2. The van der Waals surface area contributed by atoms with E-state index in [1.807, 2.05) is 6.07 Å². The van der Waals surface area contributed by atoms with Gasteiger partial charge in [-0.2, -0.15) is 0 Å². The third-order valence-corrected chi connectivity index (χ3v) is 5.29. The highest BCUT2D eigenvalue weighted by atomic mass is 16.4. The van der Waals surface area contributed by atoms with Gasteiger partial charge in [0.2, 0.25) is 17.7 Å². The van der Waals surface area contributed by atoms with E-state index >= 15 is 0 Å². The smallest absolute Gasteiger partial charge is 0.305 e. The Labute approximate surface area is 189 Å². The Kier molecular flexibility index (Phi) is 7.54. The molecule has 2 aliphatic rings. The molecule has 4 amide bonds. The number of amides is 4. The molecule has 2 aliphatic heterocycles. The van der Waals surface area contributed by atoms with E-state index in [2.05, 4.69) is 10.6 Å². The fraction of sp³-hybridized carbons (Fsp3) is 0.364. The first-order valence-electron chi connectivity index (χ1n) is 10.4. The molecular weight excluding hydrogens is 432 g/mol. The van der Waals surface area contributed by atoms with Gasteiger partial charge in [0.1, 0.15) is 18.4 Å². The topological polar surface area (TPSA) is 153 Å². The third-order valence-electron chi connectivity index (χ3n) is 5.29. The number of fused-ring (bicyclic) bond motifs is 1. The van der Waals surface area contributed by atoms with Crippen LogP contribution in [0.2, 0.25) is 0 Å². The van der Waals surface area contributed by atoms with Crippen molar-refractivity contribution in [1.29, 1.82) is 0 Å². The number of carbonyl (C=O) groups is 6. The van der Waals surface area contributed by atoms with Crippen molar-refractivity contribution in [2.75, 3.05) is 0 Å². The molecule has 0 aromatic heterocycles. The Morgan fingerprint density at radius 3 is 2.58 bits per heavy atom. The first-order valence-corrected chi connectivity index (χ1v) is 10.4. The lowest BCUT2D eigenvalue weighted by Crippen LogP contribution is -2.62. The molecule has 1 fully saturated rings. The Morgan fingerprint density at radius 1 is 1.18 bits per heavy atom. The number of hydrogen-bond donors (Lipinski definition) is 3. The van der Waals surface area contributed by atoms with Gasteiger partial charge in [0.25, 0.3) is 5.91 Å². The molecule has 3 N–H and O–H groups in total. The van der Waals surface area contributed by atoms with E-state index in [9.17, 15) is 28.8 Å². The van der Waals surface area contributed by atoms with E-state index in [-0.39, 0.29) is 25.7 Å². The molecule has 0 aliphatic carbocycles. The predicted octanol–water partition coefficient (Wildman–Crippen LogP) is -0.476. The van der Waals surface area contributed by atoms with Crippen LogP contribution in [0.3, 0.4) is 0 Å². The number of rotatable bonds is 8. The Bertz CT molecular complexity index is 978. The summed E-state index contributed by atoms with van der Waals surface area (Å²) >= 11 is 0. The minimum atomic E-state index is -1.28. The molecule has 0 unspecified atom stereocenters. The minimum absolute atomic E-state index is 0.0345. The average molecular weight is 456 g/mol. The maximum Gasteiger partial charge on any atom is 0.305 e. The van der Waals surface area contributed by atoms with Gasteiger partial charge in [0.15, 0.2) is 0 Å². The fourth-order valence-corrected chi connectivity index (χ4v) is 3.72. The highest BCUT2D eigenvalue weighted by Crippen LogP contribution is 2.24. The average Bonchev–Trinajstić information content (AvgIpc) is 2.91. The van der Waals surface area contributed by atoms with Gasteiger partial charge in [-0.05, 0) is 18.4 Å². The van der Waals surface area contributed by atoms with Crippen LogP contribution in [0.4, 0.5) is 0 Å². The van der Waals surface area contributed by atoms with E-state index in [1.54, 1.807) is 24.3 Å². The second-order valence-corrected chi connectivity index (χ2v) is 7.73. The molecule has 2 heterocycles. The highest BCUT2D eigenvalue weighted by Gasteiger charge is 2.43. The number of hydrazine groups is 1. The number of hydrogen-bond acceptors (Lipinski definition) is 6. The number of benzene rings is 1. The quantitative estimate of drug-likeness (QED) is 0.447. The highest BCUT2D eigenvalue weighted by molar-refractivity contribution is 5.96. The van der Waals surface area contributed by atoms with Gasteiger partial charge >= 0.3 is 5.97 Å². The van der Waals surface area contributed by atoms with Crippen LogP contribution in [0, 0.1) is 0 Å². The summed E-state index contributed by atoms with van der Waals surface area (Å²) in [4.78, 5) is 73.3. The molecule has 0 bridgehead atoms. The lowest BCUT2D eigenvalue weighted by atomic mass is 10.1.